The third-order valence-electron chi connectivity index (χ3n) is 3.70. The van der Waals surface area contributed by atoms with Gasteiger partial charge in [0.25, 0.3) is 5.91 Å². The molecular weight excluding hydrogens is 258 g/mol. The molecule has 21 heavy (non-hydrogen) atoms. The van der Waals surface area contributed by atoms with Gasteiger partial charge < -0.3 is 4.90 Å². The van der Waals surface area contributed by atoms with E-state index in [4.69, 9.17) is 0 Å². The van der Waals surface area contributed by atoms with Gasteiger partial charge in [-0.25, -0.2) is 0 Å². The molecule has 0 saturated carbocycles. The normalized spacial score (nSPS) is 17.2. The Labute approximate surface area is 125 Å². The predicted molar refractivity (Wildman–Crippen MR) is 85.9 cm³/mol. The molecule has 1 atom stereocenters. The maximum Gasteiger partial charge on any atom is 0.255 e. The Bertz CT molecular complexity index is 688. The number of carbonyl (C=O) groups excluding carboxylic acids is 1. The summed E-state index contributed by atoms with van der Waals surface area (Å²) in [6.07, 6.45) is 5.92. The lowest BCUT2D eigenvalue weighted by Gasteiger charge is -2.21. The van der Waals surface area contributed by atoms with Crippen LogP contribution in [-0.4, -0.2) is 17.4 Å². The van der Waals surface area contributed by atoms with E-state index < -0.39 is 0 Å². The summed E-state index contributed by atoms with van der Waals surface area (Å²) in [5.41, 5.74) is 2.99. The van der Waals surface area contributed by atoms with Crippen molar-refractivity contribution in [2.45, 2.75) is 6.04 Å². The topological polar surface area (TPSA) is 20.3 Å². The minimum atomic E-state index is -0.0214. The van der Waals surface area contributed by atoms with Crippen LogP contribution in [0, 0.1) is 0 Å². The smallest absolute Gasteiger partial charge is 0.255 e. The predicted octanol–water partition coefficient (Wildman–Crippen LogP) is 4.08. The summed E-state index contributed by atoms with van der Waals surface area (Å²) in [6.45, 7) is 4.31. The van der Waals surface area contributed by atoms with Crippen LogP contribution in [0.1, 0.15) is 27.5 Å². The summed E-state index contributed by atoms with van der Waals surface area (Å²) in [6, 6.07) is 17.9. The van der Waals surface area contributed by atoms with Gasteiger partial charge in [0.1, 0.15) is 0 Å². The summed E-state index contributed by atoms with van der Waals surface area (Å²) in [7, 11) is 0. The molecule has 1 amide bonds. The summed E-state index contributed by atoms with van der Waals surface area (Å²) >= 11 is 0. The summed E-state index contributed by atoms with van der Waals surface area (Å²) < 4.78 is 0. The average molecular weight is 275 g/mol. The van der Waals surface area contributed by atoms with Crippen LogP contribution in [0.5, 0.6) is 0 Å². The van der Waals surface area contributed by atoms with Crippen LogP contribution in [0.15, 0.2) is 73.3 Å². The fourth-order valence-electron chi connectivity index (χ4n) is 2.71. The molecule has 0 radical (unpaired) electrons. The Morgan fingerprint density at radius 2 is 1.76 bits per heavy atom. The molecule has 1 aliphatic rings. The fourth-order valence-corrected chi connectivity index (χ4v) is 2.71. The molecule has 104 valence electrons. The lowest BCUT2D eigenvalue weighted by molar-refractivity contribution is 0.0774. The number of carbonyl (C=O) groups is 1. The molecule has 0 N–H and O–H groups in total. The van der Waals surface area contributed by atoms with Gasteiger partial charge in [0.2, 0.25) is 0 Å². The van der Waals surface area contributed by atoms with Gasteiger partial charge in [-0.05, 0) is 17.2 Å². The van der Waals surface area contributed by atoms with E-state index in [0.717, 1.165) is 16.7 Å². The summed E-state index contributed by atoms with van der Waals surface area (Å²) in [5.74, 6) is 0.0770. The van der Waals surface area contributed by atoms with Crippen LogP contribution in [0.4, 0.5) is 0 Å². The van der Waals surface area contributed by atoms with E-state index in [1.165, 1.54) is 0 Å². The Balaban J connectivity index is 1.96. The van der Waals surface area contributed by atoms with Gasteiger partial charge in [-0.2, -0.15) is 0 Å². The Morgan fingerprint density at radius 3 is 2.52 bits per heavy atom. The number of hydrogen-bond acceptors (Lipinski definition) is 1. The Hall–Kier alpha value is -2.61. The van der Waals surface area contributed by atoms with E-state index in [9.17, 15) is 4.79 Å². The highest BCUT2D eigenvalue weighted by Gasteiger charge is 2.33. The molecule has 1 aliphatic heterocycles. The zero-order valence-corrected chi connectivity index (χ0v) is 11.8. The second-order valence-electron chi connectivity index (χ2n) is 5.05. The van der Waals surface area contributed by atoms with Crippen LogP contribution in [0.25, 0.3) is 6.08 Å². The Morgan fingerprint density at radius 1 is 1.05 bits per heavy atom. The van der Waals surface area contributed by atoms with Crippen molar-refractivity contribution < 1.29 is 4.79 Å². The van der Waals surface area contributed by atoms with E-state index in [0.29, 0.717) is 6.54 Å². The number of hydrogen-bond donors (Lipinski definition) is 0. The SMILES string of the molecule is C=CCN1C(=O)c2ccccc2C1/C=C/c1ccccc1. The maximum absolute atomic E-state index is 12.5. The van der Waals surface area contributed by atoms with Crippen LogP contribution in [0.2, 0.25) is 0 Å². The molecule has 0 saturated heterocycles. The van der Waals surface area contributed by atoms with Crippen molar-refractivity contribution in [1.29, 1.82) is 0 Å². The third-order valence-corrected chi connectivity index (χ3v) is 3.70. The molecule has 2 aromatic carbocycles. The van der Waals surface area contributed by atoms with Crippen molar-refractivity contribution in [3.05, 3.63) is 90.0 Å². The molecule has 2 heteroatoms. The molecule has 1 heterocycles. The lowest BCUT2D eigenvalue weighted by Crippen LogP contribution is -2.27. The van der Waals surface area contributed by atoms with E-state index >= 15 is 0 Å². The average Bonchev–Trinajstić information content (AvgIpc) is 2.80. The second kappa shape index (κ2) is 5.80. The number of rotatable bonds is 4. The van der Waals surface area contributed by atoms with Gasteiger partial charge in [0, 0.05) is 12.1 Å². The van der Waals surface area contributed by atoms with Crippen molar-refractivity contribution in [2.24, 2.45) is 0 Å². The fraction of sp³-hybridized carbons (Fsp3) is 0.105. The largest absolute Gasteiger partial charge is 0.324 e. The van der Waals surface area contributed by atoms with E-state index in [1.54, 1.807) is 6.08 Å². The molecule has 0 aliphatic carbocycles. The van der Waals surface area contributed by atoms with Gasteiger partial charge >= 0.3 is 0 Å². The monoisotopic (exact) mass is 275 g/mol. The zero-order chi connectivity index (χ0) is 14.7. The second-order valence-corrected chi connectivity index (χ2v) is 5.05. The minimum Gasteiger partial charge on any atom is -0.324 e. The highest BCUT2D eigenvalue weighted by Crippen LogP contribution is 2.34. The molecule has 3 rings (SSSR count). The molecule has 0 aromatic heterocycles. The summed E-state index contributed by atoms with van der Waals surface area (Å²) in [4.78, 5) is 14.3. The molecular formula is C19H17NO. The van der Waals surface area contributed by atoms with Gasteiger partial charge in [-0.15, -0.1) is 6.58 Å². The highest BCUT2D eigenvalue weighted by molar-refractivity contribution is 5.99. The zero-order valence-electron chi connectivity index (χ0n) is 11.8. The quantitative estimate of drug-likeness (QED) is 0.770. The van der Waals surface area contributed by atoms with Crippen molar-refractivity contribution in [2.75, 3.05) is 6.54 Å². The molecule has 1 unspecified atom stereocenters. The Kier molecular flexibility index (Phi) is 3.69. The van der Waals surface area contributed by atoms with E-state index in [2.05, 4.69) is 30.9 Å². The first-order chi connectivity index (χ1) is 10.3. The van der Waals surface area contributed by atoms with E-state index in [1.807, 2.05) is 47.4 Å². The van der Waals surface area contributed by atoms with Crippen LogP contribution < -0.4 is 0 Å². The molecule has 2 nitrogen and oxygen atoms in total. The highest BCUT2D eigenvalue weighted by atomic mass is 16.2. The number of fused-ring (bicyclic) bond motifs is 1. The van der Waals surface area contributed by atoms with Crippen LogP contribution in [-0.2, 0) is 0 Å². The van der Waals surface area contributed by atoms with Crippen LogP contribution in [0.3, 0.4) is 0 Å². The van der Waals surface area contributed by atoms with Crippen molar-refractivity contribution >= 4 is 12.0 Å². The number of benzene rings is 2. The lowest BCUT2D eigenvalue weighted by atomic mass is 10.0. The van der Waals surface area contributed by atoms with Gasteiger partial charge in [0.05, 0.1) is 6.04 Å². The maximum atomic E-state index is 12.5. The van der Waals surface area contributed by atoms with Crippen molar-refractivity contribution in [1.82, 2.24) is 4.90 Å². The summed E-state index contributed by atoms with van der Waals surface area (Å²) in [5, 5.41) is 0. The molecule has 0 bridgehead atoms. The molecule has 0 fully saturated rings. The third kappa shape index (κ3) is 2.52. The first-order valence-electron chi connectivity index (χ1n) is 7.05. The van der Waals surface area contributed by atoms with Gasteiger partial charge in [0.15, 0.2) is 0 Å². The van der Waals surface area contributed by atoms with Gasteiger partial charge in [-0.1, -0.05) is 66.8 Å². The first-order valence-corrected chi connectivity index (χ1v) is 7.05. The standard InChI is InChI=1S/C19H17NO/c1-2-14-20-18(13-12-15-8-4-3-5-9-15)16-10-6-7-11-17(16)19(20)21/h2-13,18H,1,14H2/b13-12+. The van der Waals surface area contributed by atoms with Crippen LogP contribution >= 0.6 is 0 Å². The minimum absolute atomic E-state index is 0.0214. The van der Waals surface area contributed by atoms with Crippen molar-refractivity contribution in [3.63, 3.8) is 0 Å². The molecule has 2 aromatic rings. The number of nitrogens with zero attached hydrogens (tertiary/aromatic N) is 1. The molecule has 0 spiro atoms. The van der Waals surface area contributed by atoms with Crippen molar-refractivity contribution in [3.8, 4) is 0 Å². The number of amides is 1. The van der Waals surface area contributed by atoms with Gasteiger partial charge in [-0.3, -0.25) is 4.79 Å². The first kappa shape index (κ1) is 13.4. The van der Waals surface area contributed by atoms with E-state index in [-0.39, 0.29) is 11.9 Å².